The molecule has 2 aromatic rings. The Bertz CT molecular complexity index is 943. The first-order chi connectivity index (χ1) is 14.6. The highest BCUT2D eigenvalue weighted by Gasteiger charge is 2.52. The Balaban J connectivity index is 1.32. The second-order valence-electron chi connectivity index (χ2n) is 8.47. The highest BCUT2D eigenvalue weighted by molar-refractivity contribution is 5.96. The van der Waals surface area contributed by atoms with Gasteiger partial charge in [-0.25, -0.2) is 9.97 Å². The van der Waals surface area contributed by atoms with Crippen LogP contribution in [0.2, 0.25) is 0 Å². The zero-order valence-electron chi connectivity index (χ0n) is 17.5. The van der Waals surface area contributed by atoms with E-state index in [1.54, 1.807) is 37.3 Å². The number of carbonyl (C=O) groups excluding carboxylic acids is 1. The van der Waals surface area contributed by atoms with Crippen LogP contribution in [0.3, 0.4) is 0 Å². The van der Waals surface area contributed by atoms with E-state index in [9.17, 15) is 4.79 Å². The highest BCUT2D eigenvalue weighted by atomic mass is 16.5. The highest BCUT2D eigenvalue weighted by Crippen LogP contribution is 2.44. The SMILES string of the molecule is COc1cc(OC)cc(C(=O)N2CC3(C2)OCc2nc(C4CCCCC4)ncc23)c1. The van der Waals surface area contributed by atoms with Gasteiger partial charge in [-0.15, -0.1) is 0 Å². The molecule has 1 aromatic carbocycles. The summed E-state index contributed by atoms with van der Waals surface area (Å²) in [7, 11) is 3.15. The van der Waals surface area contributed by atoms with E-state index in [0.29, 0.717) is 42.7 Å². The number of hydrogen-bond acceptors (Lipinski definition) is 6. The lowest BCUT2D eigenvalue weighted by atomic mass is 9.86. The van der Waals surface area contributed by atoms with Gasteiger partial charge in [0.2, 0.25) is 0 Å². The summed E-state index contributed by atoms with van der Waals surface area (Å²) in [6, 6.07) is 5.23. The zero-order valence-corrected chi connectivity index (χ0v) is 17.5. The number of ether oxygens (including phenoxy) is 3. The Morgan fingerprint density at radius 1 is 1.10 bits per heavy atom. The summed E-state index contributed by atoms with van der Waals surface area (Å²) < 4.78 is 16.7. The van der Waals surface area contributed by atoms with Crippen LogP contribution in [0.15, 0.2) is 24.4 Å². The fourth-order valence-electron chi connectivity index (χ4n) is 4.85. The molecular formula is C23H27N3O4. The fourth-order valence-corrected chi connectivity index (χ4v) is 4.85. The normalized spacial score (nSPS) is 20.0. The molecule has 2 fully saturated rings. The first-order valence-corrected chi connectivity index (χ1v) is 10.6. The minimum atomic E-state index is -0.473. The molecule has 0 bridgehead atoms. The molecule has 1 amide bonds. The van der Waals surface area contributed by atoms with Crippen molar-refractivity contribution >= 4 is 5.91 Å². The van der Waals surface area contributed by atoms with Gasteiger partial charge in [0.1, 0.15) is 22.9 Å². The second-order valence-corrected chi connectivity index (χ2v) is 8.47. The number of amides is 1. The smallest absolute Gasteiger partial charge is 0.254 e. The van der Waals surface area contributed by atoms with Crippen LogP contribution in [-0.4, -0.2) is 48.1 Å². The number of nitrogens with zero attached hydrogens (tertiary/aromatic N) is 3. The molecule has 1 saturated carbocycles. The van der Waals surface area contributed by atoms with E-state index in [0.717, 1.165) is 17.1 Å². The molecule has 1 aromatic heterocycles. The van der Waals surface area contributed by atoms with Crippen molar-refractivity contribution in [1.82, 2.24) is 14.9 Å². The summed E-state index contributed by atoms with van der Waals surface area (Å²) in [6.07, 6.45) is 8.13. The van der Waals surface area contributed by atoms with Gasteiger partial charge in [0.15, 0.2) is 0 Å². The molecule has 5 rings (SSSR count). The van der Waals surface area contributed by atoms with Crippen molar-refractivity contribution in [3.05, 3.63) is 47.0 Å². The molecule has 3 aliphatic rings. The Kier molecular flexibility index (Phi) is 4.85. The number of rotatable bonds is 4. The van der Waals surface area contributed by atoms with Gasteiger partial charge >= 0.3 is 0 Å². The molecule has 0 N–H and O–H groups in total. The summed E-state index contributed by atoms with van der Waals surface area (Å²) in [5.74, 6) is 2.57. The largest absolute Gasteiger partial charge is 0.497 e. The number of fused-ring (bicyclic) bond motifs is 2. The zero-order chi connectivity index (χ0) is 20.7. The molecule has 1 aliphatic carbocycles. The van der Waals surface area contributed by atoms with Crippen molar-refractivity contribution in [2.45, 2.75) is 50.2 Å². The third-order valence-corrected chi connectivity index (χ3v) is 6.61. The predicted molar refractivity (Wildman–Crippen MR) is 110 cm³/mol. The van der Waals surface area contributed by atoms with Crippen LogP contribution in [0.1, 0.15) is 65.5 Å². The molecular weight excluding hydrogens is 382 g/mol. The van der Waals surface area contributed by atoms with Crippen molar-refractivity contribution in [2.75, 3.05) is 27.3 Å². The Morgan fingerprint density at radius 2 is 1.80 bits per heavy atom. The third-order valence-electron chi connectivity index (χ3n) is 6.61. The lowest BCUT2D eigenvalue weighted by Gasteiger charge is -2.47. The third kappa shape index (κ3) is 3.21. The lowest BCUT2D eigenvalue weighted by molar-refractivity contribution is -0.126. The van der Waals surface area contributed by atoms with Gasteiger partial charge in [-0.3, -0.25) is 4.79 Å². The van der Waals surface area contributed by atoms with Gasteiger partial charge < -0.3 is 19.1 Å². The number of methoxy groups -OCH3 is 2. The molecule has 0 unspecified atom stereocenters. The van der Waals surface area contributed by atoms with Crippen LogP contribution in [-0.2, 0) is 16.9 Å². The summed E-state index contributed by atoms with van der Waals surface area (Å²) in [5, 5.41) is 0. The molecule has 3 heterocycles. The monoisotopic (exact) mass is 409 g/mol. The molecule has 0 atom stereocenters. The first kappa shape index (κ1) is 19.3. The van der Waals surface area contributed by atoms with Crippen molar-refractivity contribution in [2.24, 2.45) is 0 Å². The maximum absolute atomic E-state index is 13.0. The van der Waals surface area contributed by atoms with Gasteiger partial charge in [-0.2, -0.15) is 0 Å². The van der Waals surface area contributed by atoms with Gasteiger partial charge in [-0.1, -0.05) is 19.3 Å². The first-order valence-electron chi connectivity index (χ1n) is 10.6. The van der Waals surface area contributed by atoms with Crippen LogP contribution < -0.4 is 9.47 Å². The molecule has 2 aliphatic heterocycles. The molecule has 7 heteroatoms. The molecule has 1 saturated heterocycles. The topological polar surface area (TPSA) is 73.8 Å². The van der Waals surface area contributed by atoms with Crippen LogP contribution in [0, 0.1) is 0 Å². The molecule has 0 radical (unpaired) electrons. The van der Waals surface area contributed by atoms with Gasteiger partial charge in [0.05, 0.1) is 39.6 Å². The number of aromatic nitrogens is 2. The predicted octanol–water partition coefficient (Wildman–Crippen LogP) is 3.42. The van der Waals surface area contributed by atoms with Crippen molar-refractivity contribution < 1.29 is 19.0 Å². The summed E-state index contributed by atoms with van der Waals surface area (Å²) in [4.78, 5) is 24.3. The average Bonchev–Trinajstić information content (AvgIpc) is 3.17. The maximum Gasteiger partial charge on any atom is 0.254 e. The maximum atomic E-state index is 13.0. The number of hydrogen-bond donors (Lipinski definition) is 0. The van der Waals surface area contributed by atoms with Crippen molar-refractivity contribution in [1.29, 1.82) is 0 Å². The Morgan fingerprint density at radius 3 is 2.47 bits per heavy atom. The summed E-state index contributed by atoms with van der Waals surface area (Å²) in [6.45, 7) is 1.50. The van der Waals surface area contributed by atoms with E-state index >= 15 is 0 Å². The van der Waals surface area contributed by atoms with Gasteiger partial charge in [0, 0.05) is 29.3 Å². The fraction of sp³-hybridized carbons (Fsp3) is 0.522. The van der Waals surface area contributed by atoms with E-state index in [2.05, 4.69) is 0 Å². The van der Waals surface area contributed by atoms with Crippen LogP contribution in [0.5, 0.6) is 11.5 Å². The van der Waals surface area contributed by atoms with Crippen LogP contribution in [0.4, 0.5) is 0 Å². The number of benzene rings is 1. The minimum Gasteiger partial charge on any atom is -0.497 e. The average molecular weight is 409 g/mol. The van der Waals surface area contributed by atoms with E-state index in [-0.39, 0.29) is 5.91 Å². The minimum absolute atomic E-state index is 0.0605. The number of likely N-dealkylation sites (tertiary alicyclic amines) is 1. The van der Waals surface area contributed by atoms with E-state index in [4.69, 9.17) is 24.2 Å². The van der Waals surface area contributed by atoms with E-state index in [1.807, 2.05) is 6.20 Å². The quantitative estimate of drug-likeness (QED) is 0.770. The second kappa shape index (κ2) is 7.54. The van der Waals surface area contributed by atoms with E-state index < -0.39 is 5.60 Å². The molecule has 30 heavy (non-hydrogen) atoms. The number of carbonyl (C=O) groups is 1. The van der Waals surface area contributed by atoms with E-state index in [1.165, 1.54) is 32.1 Å². The van der Waals surface area contributed by atoms with Crippen LogP contribution >= 0.6 is 0 Å². The van der Waals surface area contributed by atoms with Crippen LogP contribution in [0.25, 0.3) is 0 Å². The Hall–Kier alpha value is -2.67. The standard InChI is InChI=1S/C23H27N3O4/c1-28-17-8-16(9-18(10-17)29-2)22(27)26-13-23(14-26)19-11-24-21(25-20(19)12-30-23)15-6-4-3-5-7-15/h8-11,15H,3-7,12-14H2,1-2H3. The van der Waals surface area contributed by atoms with Crippen molar-refractivity contribution in [3.8, 4) is 11.5 Å². The summed E-state index contributed by atoms with van der Waals surface area (Å²) >= 11 is 0. The van der Waals surface area contributed by atoms with Gasteiger partial charge in [0.25, 0.3) is 5.91 Å². The molecule has 158 valence electrons. The summed E-state index contributed by atoms with van der Waals surface area (Å²) in [5.41, 5.74) is 2.09. The molecule has 7 nitrogen and oxygen atoms in total. The molecule has 1 spiro atoms. The van der Waals surface area contributed by atoms with Crippen molar-refractivity contribution in [3.63, 3.8) is 0 Å². The lowest BCUT2D eigenvalue weighted by Crippen LogP contribution is -2.61. The Labute approximate surface area is 176 Å². The van der Waals surface area contributed by atoms with Gasteiger partial charge in [-0.05, 0) is 25.0 Å².